The van der Waals surface area contributed by atoms with E-state index in [2.05, 4.69) is 11.1 Å². The van der Waals surface area contributed by atoms with Crippen LogP contribution in [-0.4, -0.2) is 15.7 Å². The zero-order chi connectivity index (χ0) is 17.5. The van der Waals surface area contributed by atoms with Crippen LogP contribution in [-0.2, 0) is 0 Å². The van der Waals surface area contributed by atoms with Gasteiger partial charge in [0.15, 0.2) is 0 Å². The lowest BCUT2D eigenvalue weighted by Crippen LogP contribution is -2.33. The van der Waals surface area contributed by atoms with Crippen LogP contribution < -0.4 is 4.74 Å². The molecule has 3 aromatic rings. The number of pyridine rings is 1. The SMILES string of the molecule is Fc1ccc(C2=NN3[C@@H](C2)c2ccccc2O[C@H]3c2ccncc2)cc1. The molecule has 0 unspecified atom stereocenters. The average molecular weight is 345 g/mol. The highest BCUT2D eigenvalue weighted by molar-refractivity contribution is 6.01. The zero-order valence-electron chi connectivity index (χ0n) is 13.9. The van der Waals surface area contributed by atoms with Gasteiger partial charge in [0.25, 0.3) is 0 Å². The molecule has 0 fully saturated rings. The summed E-state index contributed by atoms with van der Waals surface area (Å²) in [6.45, 7) is 0. The zero-order valence-corrected chi connectivity index (χ0v) is 13.9. The second-order valence-electron chi connectivity index (χ2n) is 6.44. The van der Waals surface area contributed by atoms with E-state index < -0.39 is 0 Å². The summed E-state index contributed by atoms with van der Waals surface area (Å²) in [5, 5.41) is 6.86. The van der Waals surface area contributed by atoms with E-state index in [1.807, 2.05) is 35.3 Å². The molecular formula is C21H16FN3O. The minimum Gasteiger partial charge on any atom is -0.464 e. The normalized spacial score (nSPS) is 20.8. The Labute approximate surface area is 150 Å². The van der Waals surface area contributed by atoms with Gasteiger partial charge in [0.05, 0.1) is 11.8 Å². The minimum absolute atomic E-state index is 0.0955. The monoisotopic (exact) mass is 345 g/mol. The molecule has 5 rings (SSSR count). The predicted octanol–water partition coefficient (Wildman–Crippen LogP) is 4.46. The van der Waals surface area contributed by atoms with Crippen LogP contribution in [0.5, 0.6) is 5.75 Å². The number of fused-ring (bicyclic) bond motifs is 3. The second-order valence-corrected chi connectivity index (χ2v) is 6.44. The highest BCUT2D eigenvalue weighted by Crippen LogP contribution is 2.47. The van der Waals surface area contributed by atoms with Gasteiger partial charge >= 0.3 is 0 Å². The maximum absolute atomic E-state index is 13.3. The molecule has 0 amide bonds. The molecule has 0 radical (unpaired) electrons. The van der Waals surface area contributed by atoms with Crippen LogP contribution in [0.25, 0.3) is 0 Å². The van der Waals surface area contributed by atoms with Gasteiger partial charge in [-0.05, 0) is 35.9 Å². The van der Waals surface area contributed by atoms with E-state index in [9.17, 15) is 4.39 Å². The summed E-state index contributed by atoms with van der Waals surface area (Å²) in [5.41, 5.74) is 4.00. The van der Waals surface area contributed by atoms with Crippen LogP contribution in [0.1, 0.15) is 35.4 Å². The molecule has 0 saturated heterocycles. The Morgan fingerprint density at radius 3 is 2.54 bits per heavy atom. The quantitative estimate of drug-likeness (QED) is 0.688. The molecule has 0 bridgehead atoms. The van der Waals surface area contributed by atoms with Gasteiger partial charge in [-0.2, -0.15) is 5.10 Å². The first-order valence-corrected chi connectivity index (χ1v) is 8.57. The fourth-order valence-electron chi connectivity index (χ4n) is 3.60. The Hall–Kier alpha value is -3.21. The van der Waals surface area contributed by atoms with Crippen molar-refractivity contribution in [2.24, 2.45) is 5.10 Å². The lowest BCUT2D eigenvalue weighted by Gasteiger charge is -2.38. The van der Waals surface area contributed by atoms with Crippen molar-refractivity contribution in [1.29, 1.82) is 0 Å². The molecular weight excluding hydrogens is 329 g/mol. The number of nitrogens with zero attached hydrogens (tertiary/aromatic N) is 3. The third-order valence-corrected chi connectivity index (χ3v) is 4.87. The summed E-state index contributed by atoms with van der Waals surface area (Å²) in [7, 11) is 0. The lowest BCUT2D eigenvalue weighted by molar-refractivity contribution is -0.0190. The van der Waals surface area contributed by atoms with E-state index in [4.69, 9.17) is 9.84 Å². The van der Waals surface area contributed by atoms with Gasteiger partial charge in [-0.25, -0.2) is 9.40 Å². The number of hydrogen-bond donors (Lipinski definition) is 0. The van der Waals surface area contributed by atoms with E-state index in [1.54, 1.807) is 24.5 Å². The fourth-order valence-corrected chi connectivity index (χ4v) is 3.60. The van der Waals surface area contributed by atoms with Crippen LogP contribution in [0, 0.1) is 5.82 Å². The molecule has 2 atom stereocenters. The lowest BCUT2D eigenvalue weighted by atomic mass is 9.96. The molecule has 2 aliphatic rings. The van der Waals surface area contributed by atoms with E-state index in [0.29, 0.717) is 0 Å². The summed E-state index contributed by atoms with van der Waals surface area (Å²) < 4.78 is 19.5. The molecule has 0 aliphatic carbocycles. The molecule has 3 heterocycles. The van der Waals surface area contributed by atoms with E-state index in [0.717, 1.165) is 34.6 Å². The van der Waals surface area contributed by atoms with Crippen LogP contribution >= 0.6 is 0 Å². The third-order valence-electron chi connectivity index (χ3n) is 4.87. The highest BCUT2D eigenvalue weighted by atomic mass is 19.1. The summed E-state index contributed by atoms with van der Waals surface area (Å²) >= 11 is 0. The number of aromatic nitrogens is 1. The molecule has 2 aliphatic heterocycles. The number of hydrazone groups is 1. The fraction of sp³-hybridized carbons (Fsp3) is 0.143. The Morgan fingerprint density at radius 2 is 1.73 bits per heavy atom. The predicted molar refractivity (Wildman–Crippen MR) is 96.2 cm³/mol. The Bertz CT molecular complexity index is 972. The molecule has 1 aromatic heterocycles. The first-order chi connectivity index (χ1) is 12.8. The molecule has 4 nitrogen and oxygen atoms in total. The van der Waals surface area contributed by atoms with Crippen molar-refractivity contribution in [3.05, 3.63) is 95.6 Å². The summed E-state index contributed by atoms with van der Waals surface area (Å²) in [6.07, 6.45) is 3.97. The smallest absolute Gasteiger partial charge is 0.213 e. The van der Waals surface area contributed by atoms with Crippen molar-refractivity contribution >= 4 is 5.71 Å². The minimum atomic E-state index is -0.309. The summed E-state index contributed by atoms with van der Waals surface area (Å²) in [6, 6.07) is 18.6. The number of benzene rings is 2. The van der Waals surface area contributed by atoms with E-state index in [-0.39, 0.29) is 18.1 Å². The maximum Gasteiger partial charge on any atom is 0.213 e. The second kappa shape index (κ2) is 5.95. The van der Waals surface area contributed by atoms with Gasteiger partial charge in [0, 0.05) is 29.9 Å². The van der Waals surface area contributed by atoms with Crippen molar-refractivity contribution in [3.8, 4) is 5.75 Å². The molecule has 0 saturated carbocycles. The topological polar surface area (TPSA) is 37.7 Å². The third kappa shape index (κ3) is 2.44. The van der Waals surface area contributed by atoms with Gasteiger partial charge in [0.2, 0.25) is 6.23 Å². The van der Waals surface area contributed by atoms with Gasteiger partial charge in [-0.1, -0.05) is 30.3 Å². The van der Waals surface area contributed by atoms with Crippen molar-refractivity contribution in [3.63, 3.8) is 0 Å². The van der Waals surface area contributed by atoms with Gasteiger partial charge in [-0.15, -0.1) is 0 Å². The number of ether oxygens (including phenoxy) is 1. The van der Waals surface area contributed by atoms with Gasteiger partial charge in [-0.3, -0.25) is 4.98 Å². The Balaban J connectivity index is 1.59. The molecule has 2 aromatic carbocycles. The molecule has 26 heavy (non-hydrogen) atoms. The van der Waals surface area contributed by atoms with Crippen molar-refractivity contribution in [1.82, 2.24) is 9.99 Å². The first-order valence-electron chi connectivity index (χ1n) is 8.57. The molecule has 5 heteroatoms. The van der Waals surface area contributed by atoms with E-state index in [1.165, 1.54) is 12.1 Å². The summed E-state index contributed by atoms with van der Waals surface area (Å²) in [4.78, 5) is 4.10. The Kier molecular flexibility index (Phi) is 3.45. The molecule has 128 valence electrons. The molecule has 0 N–H and O–H groups in total. The molecule has 0 spiro atoms. The van der Waals surface area contributed by atoms with Crippen LogP contribution in [0.15, 0.2) is 78.2 Å². The number of hydrogen-bond acceptors (Lipinski definition) is 4. The van der Waals surface area contributed by atoms with Crippen molar-refractivity contribution in [2.45, 2.75) is 18.7 Å². The number of rotatable bonds is 2. The van der Waals surface area contributed by atoms with Gasteiger partial charge < -0.3 is 4.74 Å². The highest BCUT2D eigenvalue weighted by Gasteiger charge is 2.40. The number of para-hydroxylation sites is 1. The largest absolute Gasteiger partial charge is 0.464 e. The van der Waals surface area contributed by atoms with E-state index >= 15 is 0 Å². The standard InChI is InChI=1S/C21H16FN3O/c22-16-7-5-14(6-8-16)18-13-19-17-3-1-2-4-20(17)26-21(25(19)24-18)15-9-11-23-12-10-15/h1-12,19,21H,13H2/t19-,21-/m0/s1. The summed E-state index contributed by atoms with van der Waals surface area (Å²) in [5.74, 6) is 0.638. The van der Waals surface area contributed by atoms with Gasteiger partial charge in [0.1, 0.15) is 11.6 Å². The number of halogens is 1. The van der Waals surface area contributed by atoms with Crippen molar-refractivity contribution < 1.29 is 9.13 Å². The average Bonchev–Trinajstić information content (AvgIpc) is 3.14. The Morgan fingerprint density at radius 1 is 0.962 bits per heavy atom. The van der Waals surface area contributed by atoms with Crippen LogP contribution in [0.4, 0.5) is 4.39 Å². The maximum atomic E-state index is 13.3. The van der Waals surface area contributed by atoms with Crippen LogP contribution in [0.3, 0.4) is 0 Å². The first kappa shape index (κ1) is 15.1. The van der Waals surface area contributed by atoms with Crippen LogP contribution in [0.2, 0.25) is 0 Å². The van der Waals surface area contributed by atoms with Crippen molar-refractivity contribution in [2.75, 3.05) is 0 Å².